The van der Waals surface area contributed by atoms with E-state index in [0.29, 0.717) is 19.8 Å². The van der Waals surface area contributed by atoms with Crippen LogP contribution in [0.25, 0.3) is 6.08 Å². The molecule has 142 valence electrons. The number of rotatable bonds is 7. The molecule has 1 aliphatic heterocycles. The van der Waals surface area contributed by atoms with Gasteiger partial charge in [0.15, 0.2) is 0 Å². The highest BCUT2D eigenvalue weighted by Gasteiger charge is 2.17. The number of hydrogen-bond donors (Lipinski definition) is 1. The molecule has 1 unspecified atom stereocenters. The third-order valence-corrected chi connectivity index (χ3v) is 4.38. The molecule has 1 N–H and O–H groups in total. The number of amides is 1. The van der Waals surface area contributed by atoms with Crippen molar-refractivity contribution >= 4 is 12.0 Å². The van der Waals surface area contributed by atoms with Gasteiger partial charge in [0.1, 0.15) is 12.4 Å². The van der Waals surface area contributed by atoms with Crippen molar-refractivity contribution in [3.05, 3.63) is 71.8 Å². The summed E-state index contributed by atoms with van der Waals surface area (Å²) in [5, 5.41) is 2.90. The lowest BCUT2D eigenvalue weighted by Crippen LogP contribution is -2.45. The zero-order valence-electron chi connectivity index (χ0n) is 15.6. The Labute approximate surface area is 160 Å². The Kier molecular flexibility index (Phi) is 7.02. The molecule has 0 spiro atoms. The van der Waals surface area contributed by atoms with Crippen LogP contribution in [-0.2, 0) is 16.1 Å². The van der Waals surface area contributed by atoms with Crippen LogP contribution in [0.5, 0.6) is 5.75 Å². The summed E-state index contributed by atoms with van der Waals surface area (Å²) < 4.78 is 11.5. The van der Waals surface area contributed by atoms with Gasteiger partial charge in [-0.15, -0.1) is 0 Å². The third kappa shape index (κ3) is 6.55. The van der Waals surface area contributed by atoms with Crippen molar-refractivity contribution in [1.29, 1.82) is 0 Å². The SMILES string of the molecule is CN1CCOC(CNC(=O)C=Cc2cccc(OCc3ccccc3)c2)C1. The maximum absolute atomic E-state index is 12.0. The van der Waals surface area contributed by atoms with Crippen molar-refractivity contribution in [1.82, 2.24) is 10.2 Å². The van der Waals surface area contributed by atoms with E-state index in [1.807, 2.05) is 54.6 Å². The number of carbonyl (C=O) groups excluding carboxylic acids is 1. The minimum absolute atomic E-state index is 0.0517. The summed E-state index contributed by atoms with van der Waals surface area (Å²) in [6, 6.07) is 17.7. The Morgan fingerprint density at radius 3 is 2.93 bits per heavy atom. The van der Waals surface area contributed by atoms with Crippen LogP contribution >= 0.6 is 0 Å². The second kappa shape index (κ2) is 9.90. The maximum atomic E-state index is 12.0. The van der Waals surface area contributed by atoms with Crippen molar-refractivity contribution in [2.75, 3.05) is 33.3 Å². The standard InChI is InChI=1S/C22H26N2O3/c1-24-12-13-26-21(16-24)15-23-22(25)11-10-18-8-5-9-20(14-18)27-17-19-6-3-2-4-7-19/h2-11,14,21H,12-13,15-17H2,1H3,(H,23,25). The minimum atomic E-state index is -0.123. The quantitative estimate of drug-likeness (QED) is 0.766. The summed E-state index contributed by atoms with van der Waals surface area (Å²) in [6.07, 6.45) is 3.39. The summed E-state index contributed by atoms with van der Waals surface area (Å²) in [6.45, 7) is 3.53. The molecule has 5 nitrogen and oxygen atoms in total. The summed E-state index contributed by atoms with van der Waals surface area (Å²) in [4.78, 5) is 14.2. The molecular weight excluding hydrogens is 340 g/mol. The summed E-state index contributed by atoms with van der Waals surface area (Å²) in [7, 11) is 2.06. The monoisotopic (exact) mass is 366 g/mol. The molecule has 0 aliphatic carbocycles. The normalized spacial score (nSPS) is 17.7. The molecular formula is C22H26N2O3. The van der Waals surface area contributed by atoms with E-state index in [0.717, 1.165) is 30.0 Å². The van der Waals surface area contributed by atoms with Crippen LogP contribution in [0.3, 0.4) is 0 Å². The summed E-state index contributed by atoms with van der Waals surface area (Å²) >= 11 is 0. The highest BCUT2D eigenvalue weighted by Crippen LogP contribution is 2.16. The highest BCUT2D eigenvalue weighted by atomic mass is 16.5. The van der Waals surface area contributed by atoms with Crippen LogP contribution < -0.4 is 10.1 Å². The van der Waals surface area contributed by atoms with Gasteiger partial charge in [-0.3, -0.25) is 4.79 Å². The molecule has 0 aromatic heterocycles. The maximum Gasteiger partial charge on any atom is 0.244 e. The third-order valence-electron chi connectivity index (χ3n) is 4.38. The van der Waals surface area contributed by atoms with Gasteiger partial charge in [-0.25, -0.2) is 0 Å². The van der Waals surface area contributed by atoms with Gasteiger partial charge in [-0.2, -0.15) is 0 Å². The first-order valence-corrected chi connectivity index (χ1v) is 9.22. The fourth-order valence-corrected chi connectivity index (χ4v) is 2.88. The van der Waals surface area contributed by atoms with Crippen molar-refractivity contribution < 1.29 is 14.3 Å². The first kappa shape index (κ1) is 19.1. The Bertz CT molecular complexity index is 761. The molecule has 1 saturated heterocycles. The molecule has 1 atom stereocenters. The molecule has 1 fully saturated rings. The van der Waals surface area contributed by atoms with Crippen molar-refractivity contribution in [3.8, 4) is 5.75 Å². The van der Waals surface area contributed by atoms with E-state index in [-0.39, 0.29) is 12.0 Å². The van der Waals surface area contributed by atoms with E-state index in [9.17, 15) is 4.79 Å². The van der Waals surface area contributed by atoms with Gasteiger partial charge in [0.25, 0.3) is 0 Å². The second-order valence-electron chi connectivity index (χ2n) is 6.68. The largest absolute Gasteiger partial charge is 0.489 e. The number of ether oxygens (including phenoxy) is 2. The first-order valence-electron chi connectivity index (χ1n) is 9.22. The fourth-order valence-electron chi connectivity index (χ4n) is 2.88. The average Bonchev–Trinajstić information content (AvgIpc) is 2.70. The predicted molar refractivity (Wildman–Crippen MR) is 106 cm³/mol. The molecule has 1 amide bonds. The van der Waals surface area contributed by atoms with Crippen molar-refractivity contribution in [3.63, 3.8) is 0 Å². The van der Waals surface area contributed by atoms with Crippen LogP contribution in [0.1, 0.15) is 11.1 Å². The zero-order chi connectivity index (χ0) is 18.9. The lowest BCUT2D eigenvalue weighted by Gasteiger charge is -2.29. The van der Waals surface area contributed by atoms with E-state index >= 15 is 0 Å². The number of morpholine rings is 1. The Hall–Kier alpha value is -2.63. The topological polar surface area (TPSA) is 50.8 Å². The molecule has 1 heterocycles. The number of nitrogens with zero attached hydrogens (tertiary/aromatic N) is 1. The van der Waals surface area contributed by atoms with Gasteiger partial charge in [0.05, 0.1) is 12.7 Å². The van der Waals surface area contributed by atoms with Crippen molar-refractivity contribution in [2.24, 2.45) is 0 Å². The molecule has 2 aromatic rings. The number of hydrogen-bond acceptors (Lipinski definition) is 4. The molecule has 2 aromatic carbocycles. The van der Waals surface area contributed by atoms with Gasteiger partial charge in [-0.1, -0.05) is 42.5 Å². The minimum Gasteiger partial charge on any atom is -0.489 e. The summed E-state index contributed by atoms with van der Waals surface area (Å²) in [5.74, 6) is 0.655. The Morgan fingerprint density at radius 1 is 1.26 bits per heavy atom. The second-order valence-corrected chi connectivity index (χ2v) is 6.68. The highest BCUT2D eigenvalue weighted by molar-refractivity contribution is 5.91. The zero-order valence-corrected chi connectivity index (χ0v) is 15.6. The first-order chi connectivity index (χ1) is 13.2. The van der Waals surface area contributed by atoms with Gasteiger partial charge in [-0.05, 0) is 36.4 Å². The molecule has 0 bridgehead atoms. The van der Waals surface area contributed by atoms with Crippen LogP contribution in [-0.4, -0.2) is 50.2 Å². The average molecular weight is 366 g/mol. The molecule has 0 saturated carbocycles. The Morgan fingerprint density at radius 2 is 2.11 bits per heavy atom. The molecule has 0 radical (unpaired) electrons. The Balaban J connectivity index is 1.47. The number of carbonyl (C=O) groups is 1. The molecule has 3 rings (SSSR count). The van der Waals surface area contributed by atoms with Crippen LogP contribution in [0.4, 0.5) is 0 Å². The summed E-state index contributed by atoms with van der Waals surface area (Å²) in [5.41, 5.74) is 2.04. The molecule has 1 aliphatic rings. The van der Waals surface area contributed by atoms with Gasteiger partial charge in [0, 0.05) is 25.7 Å². The number of nitrogens with one attached hydrogen (secondary N) is 1. The van der Waals surface area contributed by atoms with E-state index in [2.05, 4.69) is 17.3 Å². The van der Waals surface area contributed by atoms with Gasteiger partial charge < -0.3 is 19.7 Å². The van der Waals surface area contributed by atoms with Crippen LogP contribution in [0.15, 0.2) is 60.7 Å². The van der Waals surface area contributed by atoms with Gasteiger partial charge >= 0.3 is 0 Å². The van der Waals surface area contributed by atoms with Crippen molar-refractivity contribution in [2.45, 2.75) is 12.7 Å². The van der Waals surface area contributed by atoms with E-state index < -0.39 is 0 Å². The van der Waals surface area contributed by atoms with Crippen LogP contribution in [0.2, 0.25) is 0 Å². The predicted octanol–water partition coefficient (Wildman–Crippen LogP) is 2.73. The number of likely N-dealkylation sites (N-methyl/N-ethyl adjacent to an activating group) is 1. The fraction of sp³-hybridized carbons (Fsp3) is 0.318. The van der Waals surface area contributed by atoms with E-state index in [4.69, 9.17) is 9.47 Å². The number of benzene rings is 2. The lowest BCUT2D eigenvalue weighted by molar-refractivity contribution is -0.117. The molecule has 5 heteroatoms. The van der Waals surface area contributed by atoms with Gasteiger partial charge in [0.2, 0.25) is 5.91 Å². The smallest absolute Gasteiger partial charge is 0.244 e. The van der Waals surface area contributed by atoms with Crippen LogP contribution in [0, 0.1) is 0 Å². The van der Waals surface area contributed by atoms with E-state index in [1.165, 1.54) is 0 Å². The molecule has 27 heavy (non-hydrogen) atoms. The van der Waals surface area contributed by atoms with E-state index in [1.54, 1.807) is 12.2 Å². The lowest BCUT2D eigenvalue weighted by atomic mass is 10.2.